The Morgan fingerprint density at radius 2 is 2.04 bits per heavy atom. The summed E-state index contributed by atoms with van der Waals surface area (Å²) in [5.41, 5.74) is 8.88. The monoisotopic (exact) mass is 321 g/mol. The van der Waals surface area contributed by atoms with Crippen molar-refractivity contribution in [2.75, 3.05) is 13.1 Å². The lowest BCUT2D eigenvalue weighted by molar-refractivity contribution is 0.100. The van der Waals surface area contributed by atoms with Gasteiger partial charge in [0.1, 0.15) is 5.52 Å². The first-order valence-electron chi connectivity index (χ1n) is 8.31. The Balaban J connectivity index is 1.67. The molecule has 1 fully saturated rings. The van der Waals surface area contributed by atoms with E-state index in [2.05, 4.69) is 34.7 Å². The molecule has 3 aromatic rings. The van der Waals surface area contributed by atoms with E-state index in [1.165, 1.54) is 18.4 Å². The molecule has 24 heavy (non-hydrogen) atoms. The number of nitrogens with one attached hydrogen (secondary N) is 1. The van der Waals surface area contributed by atoms with E-state index >= 15 is 0 Å². The zero-order valence-electron chi connectivity index (χ0n) is 13.4. The lowest BCUT2D eigenvalue weighted by atomic mass is 9.92. The van der Waals surface area contributed by atoms with E-state index in [0.29, 0.717) is 17.0 Å². The molecule has 0 radical (unpaired) electrons. The summed E-state index contributed by atoms with van der Waals surface area (Å²) in [6, 6.07) is 14.0. The topological polar surface area (TPSA) is 72.9 Å². The van der Waals surface area contributed by atoms with Gasteiger partial charge in [-0.1, -0.05) is 24.3 Å². The van der Waals surface area contributed by atoms with E-state index in [4.69, 9.17) is 5.73 Å². The van der Waals surface area contributed by atoms with Gasteiger partial charge < -0.3 is 11.1 Å². The number of benzene rings is 2. The predicted octanol–water partition coefficient (Wildman–Crippen LogP) is 2.59. The lowest BCUT2D eigenvalue weighted by Crippen LogP contribution is -2.28. The van der Waals surface area contributed by atoms with Gasteiger partial charge in [0.05, 0.1) is 11.3 Å². The molecular weight excluding hydrogens is 301 g/mol. The van der Waals surface area contributed by atoms with Gasteiger partial charge in [0.15, 0.2) is 0 Å². The molecule has 3 N–H and O–H groups in total. The van der Waals surface area contributed by atoms with Crippen LogP contribution >= 0.6 is 0 Å². The van der Waals surface area contributed by atoms with Crippen molar-refractivity contribution in [2.45, 2.75) is 18.8 Å². The van der Waals surface area contributed by atoms with Crippen molar-refractivity contribution >= 4 is 16.8 Å². The van der Waals surface area contributed by atoms with Crippen LogP contribution in [0.1, 0.15) is 34.7 Å². The van der Waals surface area contributed by atoms with Gasteiger partial charge in [-0.2, -0.15) is 5.10 Å². The molecular formula is C19H20N4O. The fraction of sp³-hybridized carbons (Fsp3) is 0.263. The molecule has 5 heteroatoms. The number of primary amides is 1. The van der Waals surface area contributed by atoms with Crippen LogP contribution in [0.15, 0.2) is 48.7 Å². The van der Waals surface area contributed by atoms with Crippen molar-refractivity contribution in [2.24, 2.45) is 5.73 Å². The molecule has 1 amide bonds. The SMILES string of the molecule is [15NH2]C(=O)c1cccc2cn(-c3ccc([C@@H]4CCCNC4)cc3)nc12. The Hall–Kier alpha value is -2.66. The highest BCUT2D eigenvalue weighted by Crippen LogP contribution is 2.25. The second kappa shape index (κ2) is 6.09. The molecule has 122 valence electrons. The Morgan fingerprint density at radius 1 is 1.21 bits per heavy atom. The number of amides is 1. The summed E-state index contributed by atoms with van der Waals surface area (Å²) in [4.78, 5) is 11.5. The summed E-state index contributed by atoms with van der Waals surface area (Å²) in [5, 5.41) is 8.91. The van der Waals surface area contributed by atoms with Gasteiger partial charge in [0, 0.05) is 18.1 Å². The Morgan fingerprint density at radius 3 is 2.75 bits per heavy atom. The minimum Gasteiger partial charge on any atom is -0.366 e. The van der Waals surface area contributed by atoms with Crippen LogP contribution in [0.4, 0.5) is 0 Å². The highest BCUT2D eigenvalue weighted by molar-refractivity contribution is 6.04. The minimum absolute atomic E-state index is 0.453. The molecule has 2 heterocycles. The van der Waals surface area contributed by atoms with Crippen molar-refractivity contribution in [3.8, 4) is 5.69 Å². The standard InChI is InChI=1S/C19H20N4O/c20-19(24)17-5-1-3-15-12-23(22-18(15)17)16-8-6-13(7-9-16)14-4-2-10-21-11-14/h1,3,5-9,12,14,21H,2,4,10-11H2,(H2,20,24)/t14-/m1/s1/i20+1. The normalized spacial score (nSPS) is 17.9. The van der Waals surface area contributed by atoms with Gasteiger partial charge in [-0.05, 0) is 49.1 Å². The van der Waals surface area contributed by atoms with Crippen LogP contribution in [0.5, 0.6) is 0 Å². The molecule has 0 unspecified atom stereocenters. The number of nitrogens with zero attached hydrogens (tertiary/aromatic N) is 2. The number of piperidine rings is 1. The van der Waals surface area contributed by atoms with Gasteiger partial charge in [-0.3, -0.25) is 4.79 Å². The lowest BCUT2D eigenvalue weighted by Gasteiger charge is -2.23. The molecule has 1 atom stereocenters. The van der Waals surface area contributed by atoms with Crippen LogP contribution in [-0.4, -0.2) is 28.8 Å². The third kappa shape index (κ3) is 2.67. The number of nitrogens with two attached hydrogens (primary N) is 1. The Kier molecular flexibility index (Phi) is 3.78. The van der Waals surface area contributed by atoms with Crippen molar-refractivity contribution in [3.63, 3.8) is 0 Å². The number of carbonyl (C=O) groups excluding carboxylic acids is 1. The van der Waals surface area contributed by atoms with Crippen molar-refractivity contribution in [1.29, 1.82) is 0 Å². The molecule has 0 saturated carbocycles. The Bertz CT molecular complexity index is 876. The third-order valence-corrected chi connectivity index (χ3v) is 4.73. The number of aromatic nitrogens is 2. The van der Waals surface area contributed by atoms with Crippen LogP contribution in [0.3, 0.4) is 0 Å². The van der Waals surface area contributed by atoms with Gasteiger partial charge in [-0.25, -0.2) is 4.68 Å². The quantitative estimate of drug-likeness (QED) is 0.728. The maximum Gasteiger partial charge on any atom is 0.250 e. The predicted molar refractivity (Wildman–Crippen MR) is 94.4 cm³/mol. The number of rotatable bonds is 3. The largest absolute Gasteiger partial charge is 0.366 e. The molecule has 0 spiro atoms. The number of fused-ring (bicyclic) bond motifs is 1. The van der Waals surface area contributed by atoms with Crippen molar-refractivity contribution in [3.05, 3.63) is 59.8 Å². The third-order valence-electron chi connectivity index (χ3n) is 4.73. The molecule has 1 aliphatic rings. The summed E-state index contributed by atoms with van der Waals surface area (Å²) in [6.45, 7) is 2.17. The van der Waals surface area contributed by atoms with E-state index in [0.717, 1.165) is 24.2 Å². The summed E-state index contributed by atoms with van der Waals surface area (Å²) in [7, 11) is 0. The van der Waals surface area contributed by atoms with Gasteiger partial charge >= 0.3 is 0 Å². The molecule has 1 aliphatic heterocycles. The van der Waals surface area contributed by atoms with Gasteiger partial charge in [0.2, 0.25) is 0 Å². The molecule has 0 bridgehead atoms. The fourth-order valence-corrected chi connectivity index (χ4v) is 3.41. The zero-order chi connectivity index (χ0) is 16.5. The van der Waals surface area contributed by atoms with Crippen molar-refractivity contribution in [1.82, 2.24) is 15.1 Å². The van der Waals surface area contributed by atoms with Crippen LogP contribution in [0.25, 0.3) is 16.6 Å². The molecule has 0 aliphatic carbocycles. The number of hydrogen-bond donors (Lipinski definition) is 2. The summed E-state index contributed by atoms with van der Waals surface area (Å²) >= 11 is 0. The second-order valence-corrected chi connectivity index (χ2v) is 6.32. The zero-order valence-corrected chi connectivity index (χ0v) is 13.4. The average molecular weight is 321 g/mol. The molecule has 5 nitrogen and oxygen atoms in total. The van der Waals surface area contributed by atoms with Crippen molar-refractivity contribution < 1.29 is 4.79 Å². The van der Waals surface area contributed by atoms with Crippen LogP contribution < -0.4 is 11.1 Å². The summed E-state index contributed by atoms with van der Waals surface area (Å²) in [5.74, 6) is 0.136. The smallest absolute Gasteiger partial charge is 0.250 e. The first kappa shape index (κ1) is 14.9. The van der Waals surface area contributed by atoms with E-state index in [9.17, 15) is 4.79 Å². The minimum atomic E-state index is -0.453. The first-order chi connectivity index (χ1) is 11.7. The first-order valence-corrected chi connectivity index (χ1v) is 8.31. The van der Waals surface area contributed by atoms with E-state index in [-0.39, 0.29) is 0 Å². The molecule has 2 aromatic carbocycles. The second-order valence-electron chi connectivity index (χ2n) is 6.32. The molecule has 4 rings (SSSR count). The van der Waals surface area contributed by atoms with Crippen LogP contribution in [0.2, 0.25) is 0 Å². The highest BCUT2D eigenvalue weighted by atomic mass is 16.2. The molecule has 1 saturated heterocycles. The number of carbonyl (C=O) groups is 1. The van der Waals surface area contributed by atoms with E-state index in [1.54, 1.807) is 10.7 Å². The Labute approximate surface area is 140 Å². The summed E-state index contributed by atoms with van der Waals surface area (Å²) < 4.78 is 1.81. The van der Waals surface area contributed by atoms with Crippen LogP contribution in [-0.2, 0) is 0 Å². The van der Waals surface area contributed by atoms with E-state index in [1.807, 2.05) is 18.3 Å². The highest BCUT2D eigenvalue weighted by Gasteiger charge is 2.15. The van der Waals surface area contributed by atoms with E-state index < -0.39 is 5.91 Å². The molecule has 1 aromatic heterocycles. The average Bonchev–Trinajstić information content (AvgIpc) is 3.06. The van der Waals surface area contributed by atoms with Gasteiger partial charge in [0.25, 0.3) is 5.91 Å². The maximum atomic E-state index is 11.5. The maximum absolute atomic E-state index is 11.5. The summed E-state index contributed by atoms with van der Waals surface area (Å²) in [6.07, 6.45) is 4.39. The fourth-order valence-electron chi connectivity index (χ4n) is 3.41. The van der Waals surface area contributed by atoms with Crippen LogP contribution in [0, 0.1) is 0 Å². The van der Waals surface area contributed by atoms with Gasteiger partial charge in [-0.15, -0.1) is 0 Å². The number of hydrogen-bond acceptors (Lipinski definition) is 3.